The molecular formula is C17H14FN3O2S. The largest absolute Gasteiger partial charge is 0.356 e. The maximum absolute atomic E-state index is 13.9. The van der Waals surface area contributed by atoms with E-state index in [2.05, 4.69) is 14.8 Å². The molecule has 1 aliphatic rings. The number of carbonyl (C=O) groups is 1. The highest BCUT2D eigenvalue weighted by Gasteiger charge is 2.54. The van der Waals surface area contributed by atoms with Gasteiger partial charge in [0.25, 0.3) is 0 Å². The number of carbonyl (C=O) groups excluding carboxylic acids is 1. The Labute approximate surface area is 141 Å². The second-order valence-corrected chi connectivity index (χ2v) is 6.73. The molecule has 24 heavy (non-hydrogen) atoms. The van der Waals surface area contributed by atoms with Gasteiger partial charge in [0, 0.05) is 6.07 Å². The van der Waals surface area contributed by atoms with Crippen LogP contribution in [-0.2, 0) is 10.2 Å². The molecule has 1 fully saturated rings. The van der Waals surface area contributed by atoms with Gasteiger partial charge in [-0.3, -0.25) is 4.79 Å². The highest BCUT2D eigenvalue weighted by molar-refractivity contribution is 7.10. The lowest BCUT2D eigenvalue weighted by molar-refractivity contribution is -0.118. The SMILES string of the molecule is Cc1cc(NC(=O)C2(c3cc(-c4ccccc4F)on3)CC2)sn1. The summed E-state index contributed by atoms with van der Waals surface area (Å²) in [4.78, 5) is 12.6. The van der Waals surface area contributed by atoms with Crippen molar-refractivity contribution < 1.29 is 13.7 Å². The first-order valence-corrected chi connectivity index (χ1v) is 8.33. The molecule has 0 aliphatic heterocycles. The van der Waals surface area contributed by atoms with Gasteiger partial charge in [0.15, 0.2) is 5.76 Å². The predicted octanol–water partition coefficient (Wildman–Crippen LogP) is 3.92. The van der Waals surface area contributed by atoms with Crippen molar-refractivity contribution in [3.8, 4) is 11.3 Å². The molecule has 7 heteroatoms. The van der Waals surface area contributed by atoms with Crippen molar-refractivity contribution >= 4 is 22.4 Å². The Kier molecular flexibility index (Phi) is 3.45. The summed E-state index contributed by atoms with van der Waals surface area (Å²) in [6.45, 7) is 1.87. The van der Waals surface area contributed by atoms with Crippen molar-refractivity contribution in [1.82, 2.24) is 9.53 Å². The zero-order chi connectivity index (χ0) is 16.7. The summed E-state index contributed by atoms with van der Waals surface area (Å²) in [6, 6.07) is 9.81. The van der Waals surface area contributed by atoms with Crippen LogP contribution in [0, 0.1) is 12.7 Å². The van der Waals surface area contributed by atoms with Crippen LogP contribution in [0.25, 0.3) is 11.3 Å². The number of anilines is 1. The van der Waals surface area contributed by atoms with Crippen molar-refractivity contribution in [2.45, 2.75) is 25.2 Å². The van der Waals surface area contributed by atoms with Crippen molar-refractivity contribution in [1.29, 1.82) is 0 Å². The van der Waals surface area contributed by atoms with Gasteiger partial charge in [-0.25, -0.2) is 4.39 Å². The topological polar surface area (TPSA) is 68.0 Å². The van der Waals surface area contributed by atoms with E-state index in [9.17, 15) is 9.18 Å². The monoisotopic (exact) mass is 343 g/mol. The molecule has 0 atom stereocenters. The number of rotatable bonds is 4. The Balaban J connectivity index is 1.59. The normalized spacial score (nSPS) is 15.2. The van der Waals surface area contributed by atoms with E-state index in [1.165, 1.54) is 17.6 Å². The van der Waals surface area contributed by atoms with Gasteiger partial charge in [0.1, 0.15) is 10.8 Å². The second-order valence-electron chi connectivity index (χ2n) is 5.93. The molecule has 1 N–H and O–H groups in total. The fourth-order valence-electron chi connectivity index (χ4n) is 2.67. The van der Waals surface area contributed by atoms with E-state index in [0.29, 0.717) is 34.9 Å². The second kappa shape index (κ2) is 5.52. The maximum atomic E-state index is 13.9. The van der Waals surface area contributed by atoms with Crippen molar-refractivity contribution in [2.24, 2.45) is 0 Å². The van der Waals surface area contributed by atoms with Crippen LogP contribution in [0.5, 0.6) is 0 Å². The number of aromatic nitrogens is 2. The first-order chi connectivity index (χ1) is 11.6. The molecule has 2 aromatic heterocycles. The Morgan fingerprint density at radius 2 is 2.12 bits per heavy atom. The lowest BCUT2D eigenvalue weighted by atomic mass is 10.0. The highest BCUT2D eigenvalue weighted by Crippen LogP contribution is 2.49. The lowest BCUT2D eigenvalue weighted by Gasteiger charge is -2.10. The zero-order valence-electron chi connectivity index (χ0n) is 12.9. The zero-order valence-corrected chi connectivity index (χ0v) is 13.7. The number of aryl methyl sites for hydroxylation is 1. The van der Waals surface area contributed by atoms with E-state index in [1.807, 2.05) is 13.0 Å². The minimum atomic E-state index is -0.690. The van der Waals surface area contributed by atoms with Gasteiger partial charge in [-0.2, -0.15) is 4.37 Å². The number of hydrogen-bond donors (Lipinski definition) is 1. The molecule has 2 heterocycles. The third-order valence-electron chi connectivity index (χ3n) is 4.19. The van der Waals surface area contributed by atoms with Crippen LogP contribution in [-0.4, -0.2) is 15.4 Å². The van der Waals surface area contributed by atoms with Gasteiger partial charge in [-0.1, -0.05) is 17.3 Å². The van der Waals surface area contributed by atoms with E-state index in [0.717, 1.165) is 5.69 Å². The number of benzene rings is 1. The van der Waals surface area contributed by atoms with E-state index in [4.69, 9.17) is 4.52 Å². The standard InChI is InChI=1S/C17H14FN3O2S/c1-10-8-15(24-21-10)19-16(22)17(6-7-17)14-9-13(23-20-14)11-4-2-3-5-12(11)18/h2-5,8-9H,6-7H2,1H3,(H,19,22). The van der Waals surface area contributed by atoms with Crippen LogP contribution in [0.2, 0.25) is 0 Å². The van der Waals surface area contributed by atoms with Gasteiger partial charge >= 0.3 is 0 Å². The lowest BCUT2D eigenvalue weighted by Crippen LogP contribution is -2.27. The molecule has 0 spiro atoms. The molecule has 3 aromatic rings. The number of amides is 1. The van der Waals surface area contributed by atoms with Crippen LogP contribution in [0.1, 0.15) is 24.2 Å². The summed E-state index contributed by atoms with van der Waals surface area (Å²) < 4.78 is 23.3. The van der Waals surface area contributed by atoms with Crippen LogP contribution in [0.4, 0.5) is 9.39 Å². The Morgan fingerprint density at radius 1 is 1.33 bits per heavy atom. The fraction of sp³-hybridized carbons (Fsp3) is 0.235. The van der Waals surface area contributed by atoms with Crippen molar-refractivity contribution in [2.75, 3.05) is 5.32 Å². The summed E-state index contributed by atoms with van der Waals surface area (Å²) in [5.74, 6) is -0.176. The molecule has 0 unspecified atom stereocenters. The van der Waals surface area contributed by atoms with Gasteiger partial charge in [0.05, 0.1) is 22.4 Å². The molecule has 5 nitrogen and oxygen atoms in total. The summed E-state index contributed by atoms with van der Waals surface area (Å²) >= 11 is 1.25. The summed E-state index contributed by atoms with van der Waals surface area (Å²) in [5, 5.41) is 7.62. The molecule has 0 bridgehead atoms. The third kappa shape index (κ3) is 2.50. The van der Waals surface area contributed by atoms with Crippen LogP contribution in [0.3, 0.4) is 0 Å². The first kappa shape index (κ1) is 15.0. The van der Waals surface area contributed by atoms with Crippen LogP contribution in [0.15, 0.2) is 40.9 Å². The van der Waals surface area contributed by atoms with Crippen LogP contribution >= 0.6 is 11.5 Å². The molecule has 4 rings (SSSR count). The molecule has 1 saturated carbocycles. The molecular weight excluding hydrogens is 329 g/mol. The molecule has 1 aromatic carbocycles. The molecule has 0 saturated heterocycles. The third-order valence-corrected chi connectivity index (χ3v) is 4.98. The van der Waals surface area contributed by atoms with E-state index < -0.39 is 5.41 Å². The predicted molar refractivity (Wildman–Crippen MR) is 88.3 cm³/mol. The van der Waals surface area contributed by atoms with E-state index >= 15 is 0 Å². The molecule has 1 aliphatic carbocycles. The summed E-state index contributed by atoms with van der Waals surface area (Å²) in [6.07, 6.45) is 1.39. The van der Waals surface area contributed by atoms with Gasteiger partial charge in [-0.15, -0.1) is 0 Å². The van der Waals surface area contributed by atoms with E-state index in [1.54, 1.807) is 24.3 Å². The van der Waals surface area contributed by atoms with Gasteiger partial charge < -0.3 is 9.84 Å². The van der Waals surface area contributed by atoms with Gasteiger partial charge in [-0.05, 0) is 49.5 Å². The average Bonchev–Trinajstić information content (AvgIpc) is 3.05. The van der Waals surface area contributed by atoms with Crippen molar-refractivity contribution in [3.63, 3.8) is 0 Å². The summed E-state index contributed by atoms with van der Waals surface area (Å²) in [7, 11) is 0. The first-order valence-electron chi connectivity index (χ1n) is 7.55. The maximum Gasteiger partial charge on any atom is 0.237 e. The minimum Gasteiger partial charge on any atom is -0.356 e. The summed E-state index contributed by atoms with van der Waals surface area (Å²) in [5.41, 5.74) is 1.05. The Morgan fingerprint density at radius 3 is 2.79 bits per heavy atom. The minimum absolute atomic E-state index is 0.125. The highest BCUT2D eigenvalue weighted by atomic mass is 32.1. The number of nitrogens with zero attached hydrogens (tertiary/aromatic N) is 2. The Hall–Kier alpha value is -2.54. The number of nitrogens with one attached hydrogen (secondary N) is 1. The number of halogens is 1. The molecule has 0 radical (unpaired) electrons. The Bertz CT molecular complexity index is 914. The van der Waals surface area contributed by atoms with Crippen LogP contribution < -0.4 is 5.32 Å². The fourth-order valence-corrected chi connectivity index (χ4v) is 3.32. The quantitative estimate of drug-likeness (QED) is 0.780. The van der Waals surface area contributed by atoms with E-state index in [-0.39, 0.29) is 11.7 Å². The molecule has 122 valence electrons. The van der Waals surface area contributed by atoms with Gasteiger partial charge in [0.2, 0.25) is 5.91 Å². The number of hydrogen-bond acceptors (Lipinski definition) is 5. The smallest absolute Gasteiger partial charge is 0.237 e. The van der Waals surface area contributed by atoms with Crippen molar-refractivity contribution in [3.05, 3.63) is 53.6 Å². The molecule has 1 amide bonds. The average molecular weight is 343 g/mol.